The highest BCUT2D eigenvalue weighted by molar-refractivity contribution is 5.67. The Morgan fingerprint density at radius 2 is 2.40 bits per heavy atom. The van der Waals surface area contributed by atoms with Crippen molar-refractivity contribution in [1.82, 2.24) is 9.88 Å². The molecule has 1 fully saturated rings. The molecular weight excluding hydrogens is 252 g/mol. The van der Waals surface area contributed by atoms with Crippen LogP contribution in [0.3, 0.4) is 0 Å². The number of nitrogens with zero attached hydrogens (tertiary/aromatic N) is 2. The summed E-state index contributed by atoms with van der Waals surface area (Å²) in [5.74, 6) is 0.108. The number of rotatable bonds is 6. The highest BCUT2D eigenvalue weighted by Gasteiger charge is 2.25. The molecule has 0 spiro atoms. The van der Waals surface area contributed by atoms with Gasteiger partial charge in [0.2, 0.25) is 0 Å². The lowest BCUT2D eigenvalue weighted by molar-refractivity contribution is -0.138. The Morgan fingerprint density at radius 1 is 1.55 bits per heavy atom. The van der Waals surface area contributed by atoms with Crippen LogP contribution in [0.15, 0.2) is 24.4 Å². The molecule has 1 saturated heterocycles. The first-order valence-electron chi connectivity index (χ1n) is 7.49. The zero-order valence-corrected chi connectivity index (χ0v) is 12.2. The quantitative estimate of drug-likeness (QED) is 0.867. The average molecular weight is 276 g/mol. The molecule has 0 bridgehead atoms. The van der Waals surface area contributed by atoms with Crippen LogP contribution in [-0.4, -0.2) is 40.6 Å². The highest BCUT2D eigenvalue weighted by atomic mass is 16.4. The van der Waals surface area contributed by atoms with Gasteiger partial charge in [-0.1, -0.05) is 13.0 Å². The predicted octanol–water partition coefficient (Wildman–Crippen LogP) is 2.45. The van der Waals surface area contributed by atoms with Crippen LogP contribution < -0.4 is 0 Å². The van der Waals surface area contributed by atoms with Crippen molar-refractivity contribution in [3.8, 4) is 0 Å². The Morgan fingerprint density at radius 3 is 3.10 bits per heavy atom. The van der Waals surface area contributed by atoms with Crippen molar-refractivity contribution < 1.29 is 9.90 Å². The summed E-state index contributed by atoms with van der Waals surface area (Å²) >= 11 is 0. The summed E-state index contributed by atoms with van der Waals surface area (Å²) in [6.45, 7) is 5.25. The van der Waals surface area contributed by atoms with Crippen LogP contribution in [0.5, 0.6) is 0 Å². The van der Waals surface area contributed by atoms with Crippen molar-refractivity contribution in [2.45, 2.75) is 32.6 Å². The third-order valence-electron chi connectivity index (χ3n) is 4.25. The number of carboxylic acid groups (broad SMARTS) is 1. The Kier molecular flexibility index (Phi) is 5.53. The Bertz CT molecular complexity index is 422. The highest BCUT2D eigenvalue weighted by Crippen LogP contribution is 2.26. The molecule has 4 nitrogen and oxygen atoms in total. The summed E-state index contributed by atoms with van der Waals surface area (Å²) in [4.78, 5) is 17.6. The minimum atomic E-state index is -0.678. The van der Waals surface area contributed by atoms with E-state index in [1.165, 1.54) is 6.42 Å². The van der Waals surface area contributed by atoms with E-state index in [0.29, 0.717) is 12.3 Å². The number of likely N-dealkylation sites (tertiary alicyclic amines) is 1. The molecule has 2 heterocycles. The van der Waals surface area contributed by atoms with E-state index in [2.05, 4.69) is 22.9 Å². The van der Waals surface area contributed by atoms with Crippen LogP contribution in [0.2, 0.25) is 0 Å². The van der Waals surface area contributed by atoms with Crippen LogP contribution in [0.25, 0.3) is 0 Å². The van der Waals surface area contributed by atoms with E-state index < -0.39 is 5.97 Å². The summed E-state index contributed by atoms with van der Waals surface area (Å²) < 4.78 is 0. The number of piperidine rings is 1. The van der Waals surface area contributed by atoms with Crippen molar-refractivity contribution in [3.63, 3.8) is 0 Å². The number of pyridine rings is 1. The van der Waals surface area contributed by atoms with Crippen LogP contribution in [-0.2, 0) is 11.2 Å². The minimum absolute atomic E-state index is 0.269. The smallest absolute Gasteiger partial charge is 0.303 e. The van der Waals surface area contributed by atoms with E-state index >= 15 is 0 Å². The maximum Gasteiger partial charge on any atom is 0.303 e. The second-order valence-electron chi connectivity index (χ2n) is 5.85. The van der Waals surface area contributed by atoms with Gasteiger partial charge in [-0.3, -0.25) is 9.78 Å². The number of aliphatic carboxylic acids is 1. The largest absolute Gasteiger partial charge is 0.481 e. The molecule has 2 unspecified atom stereocenters. The van der Waals surface area contributed by atoms with Gasteiger partial charge in [0.25, 0.3) is 0 Å². The summed E-state index contributed by atoms with van der Waals surface area (Å²) in [5, 5.41) is 8.91. The fourth-order valence-electron chi connectivity index (χ4n) is 3.02. The van der Waals surface area contributed by atoms with Crippen molar-refractivity contribution in [2.75, 3.05) is 19.6 Å². The second-order valence-corrected chi connectivity index (χ2v) is 5.85. The topological polar surface area (TPSA) is 53.4 Å². The van der Waals surface area contributed by atoms with Gasteiger partial charge in [0.1, 0.15) is 0 Å². The SMILES string of the molecule is CC(CC(=O)O)C1CCCN(CCc2ccccn2)C1. The van der Waals surface area contributed by atoms with Gasteiger partial charge in [-0.25, -0.2) is 0 Å². The van der Waals surface area contributed by atoms with Gasteiger partial charge in [0.15, 0.2) is 0 Å². The number of carboxylic acids is 1. The van der Waals surface area contributed by atoms with Crippen molar-refractivity contribution in [2.24, 2.45) is 11.8 Å². The van der Waals surface area contributed by atoms with E-state index in [1.807, 2.05) is 18.3 Å². The fraction of sp³-hybridized carbons (Fsp3) is 0.625. The fourth-order valence-corrected chi connectivity index (χ4v) is 3.02. The third kappa shape index (κ3) is 4.60. The second kappa shape index (κ2) is 7.39. The Balaban J connectivity index is 1.80. The van der Waals surface area contributed by atoms with Crippen molar-refractivity contribution in [1.29, 1.82) is 0 Å². The molecule has 110 valence electrons. The van der Waals surface area contributed by atoms with Crippen molar-refractivity contribution >= 4 is 5.97 Å². The molecule has 2 rings (SSSR count). The van der Waals surface area contributed by atoms with E-state index in [9.17, 15) is 4.79 Å². The number of hydrogen-bond acceptors (Lipinski definition) is 3. The molecule has 1 aliphatic rings. The van der Waals surface area contributed by atoms with Gasteiger partial charge in [-0.2, -0.15) is 0 Å². The monoisotopic (exact) mass is 276 g/mol. The van der Waals surface area contributed by atoms with Crippen LogP contribution in [0.1, 0.15) is 31.9 Å². The number of aromatic nitrogens is 1. The van der Waals surface area contributed by atoms with Crippen molar-refractivity contribution in [3.05, 3.63) is 30.1 Å². The number of hydrogen-bond donors (Lipinski definition) is 1. The van der Waals surface area contributed by atoms with Gasteiger partial charge >= 0.3 is 5.97 Å². The van der Waals surface area contributed by atoms with E-state index in [0.717, 1.165) is 38.2 Å². The van der Waals surface area contributed by atoms with Gasteiger partial charge < -0.3 is 10.0 Å². The molecule has 4 heteroatoms. The van der Waals surface area contributed by atoms with E-state index in [1.54, 1.807) is 0 Å². The number of carbonyl (C=O) groups is 1. The maximum atomic E-state index is 10.8. The summed E-state index contributed by atoms with van der Waals surface area (Å²) in [6, 6.07) is 6.03. The molecule has 0 aliphatic carbocycles. The first kappa shape index (κ1) is 15.0. The molecule has 1 aromatic heterocycles. The predicted molar refractivity (Wildman–Crippen MR) is 78.5 cm³/mol. The molecule has 1 aromatic rings. The van der Waals surface area contributed by atoms with Gasteiger partial charge in [0, 0.05) is 37.8 Å². The molecule has 0 saturated carbocycles. The van der Waals surface area contributed by atoms with Crippen LogP contribution in [0, 0.1) is 11.8 Å². The zero-order chi connectivity index (χ0) is 14.4. The maximum absolute atomic E-state index is 10.8. The minimum Gasteiger partial charge on any atom is -0.481 e. The van der Waals surface area contributed by atoms with Crippen LogP contribution in [0.4, 0.5) is 0 Å². The third-order valence-corrected chi connectivity index (χ3v) is 4.25. The Hall–Kier alpha value is -1.42. The summed E-state index contributed by atoms with van der Waals surface area (Å²) in [7, 11) is 0. The van der Waals surface area contributed by atoms with E-state index in [4.69, 9.17) is 5.11 Å². The lowest BCUT2D eigenvalue weighted by Crippen LogP contribution is -2.39. The normalized spacial score (nSPS) is 21.6. The Labute approximate surface area is 120 Å². The first-order chi connectivity index (χ1) is 9.65. The molecule has 1 N–H and O–H groups in total. The molecule has 0 aromatic carbocycles. The molecule has 20 heavy (non-hydrogen) atoms. The van der Waals surface area contributed by atoms with Crippen LogP contribution >= 0.6 is 0 Å². The molecule has 0 amide bonds. The van der Waals surface area contributed by atoms with Gasteiger partial charge in [-0.05, 0) is 43.4 Å². The van der Waals surface area contributed by atoms with Gasteiger partial charge in [-0.15, -0.1) is 0 Å². The zero-order valence-electron chi connectivity index (χ0n) is 12.2. The first-order valence-corrected chi connectivity index (χ1v) is 7.49. The van der Waals surface area contributed by atoms with E-state index in [-0.39, 0.29) is 5.92 Å². The average Bonchev–Trinajstić information content (AvgIpc) is 2.46. The summed E-state index contributed by atoms with van der Waals surface area (Å²) in [5.41, 5.74) is 1.13. The molecular formula is C16H24N2O2. The molecule has 0 radical (unpaired) electrons. The van der Waals surface area contributed by atoms with Gasteiger partial charge in [0.05, 0.1) is 0 Å². The lowest BCUT2D eigenvalue weighted by Gasteiger charge is -2.35. The lowest BCUT2D eigenvalue weighted by atomic mass is 9.84. The standard InChI is InChI=1S/C16H24N2O2/c1-13(11-16(19)20)14-5-4-9-18(12-14)10-7-15-6-2-3-8-17-15/h2-3,6,8,13-14H,4-5,7,9-12H2,1H3,(H,19,20). The molecule has 1 aliphatic heterocycles. The molecule has 2 atom stereocenters. The summed E-state index contributed by atoms with van der Waals surface area (Å²) in [6.07, 6.45) is 5.44.